The molecule has 0 saturated heterocycles. The zero-order valence-corrected chi connectivity index (χ0v) is 19.1. The number of para-hydroxylation sites is 2. The lowest BCUT2D eigenvalue weighted by Crippen LogP contribution is -2.28. The van der Waals surface area contributed by atoms with Crippen molar-refractivity contribution in [3.05, 3.63) is 108 Å². The van der Waals surface area contributed by atoms with Gasteiger partial charge in [-0.3, -0.25) is 0 Å². The third-order valence-corrected chi connectivity index (χ3v) is 7.13. The fourth-order valence-electron chi connectivity index (χ4n) is 4.37. The summed E-state index contributed by atoms with van der Waals surface area (Å²) in [5.41, 5.74) is 4.59. The first kappa shape index (κ1) is 19.9. The van der Waals surface area contributed by atoms with Gasteiger partial charge in [-0.2, -0.15) is 0 Å². The molecule has 0 radical (unpaired) electrons. The van der Waals surface area contributed by atoms with Crippen molar-refractivity contribution in [2.45, 2.75) is 4.90 Å². The second-order valence-corrected chi connectivity index (χ2v) is 9.10. The highest BCUT2D eigenvalue weighted by molar-refractivity contribution is 8.03. The molecule has 0 bridgehead atoms. The Bertz CT molecular complexity index is 1430. The summed E-state index contributed by atoms with van der Waals surface area (Å²) in [6.45, 7) is 1.55. The molecule has 4 heterocycles. The summed E-state index contributed by atoms with van der Waals surface area (Å²) >= 11 is 1.79. The number of benzene rings is 2. The van der Waals surface area contributed by atoms with E-state index in [9.17, 15) is 0 Å². The normalized spacial score (nSPS) is 16.6. The number of pyridine rings is 1. The van der Waals surface area contributed by atoms with Crippen molar-refractivity contribution < 1.29 is 13.7 Å². The Morgan fingerprint density at radius 2 is 2.00 bits per heavy atom. The Hall–Kier alpha value is -3.70. The smallest absolute Gasteiger partial charge is 0.212 e. The average Bonchev–Trinajstić information content (AvgIpc) is 3.51. The van der Waals surface area contributed by atoms with E-state index in [2.05, 4.69) is 89.5 Å². The molecule has 6 rings (SSSR count). The van der Waals surface area contributed by atoms with Crippen LogP contribution in [0.4, 0.5) is 5.69 Å². The molecule has 4 aromatic rings. The number of furan rings is 1. The highest BCUT2D eigenvalue weighted by Crippen LogP contribution is 2.51. The molecule has 2 aliphatic heterocycles. The molecule has 2 aliphatic rings. The number of aryl methyl sites for hydroxylation is 1. The first-order chi connectivity index (χ1) is 16.3. The number of nitrogens with zero attached hydrogens (tertiary/aromatic N) is 2. The third-order valence-electron chi connectivity index (χ3n) is 6.01. The molecule has 5 heteroatoms. The van der Waals surface area contributed by atoms with Crippen LogP contribution in [0.3, 0.4) is 0 Å². The molecule has 0 N–H and O–H groups in total. The fourth-order valence-corrected chi connectivity index (χ4v) is 5.48. The van der Waals surface area contributed by atoms with Gasteiger partial charge in [0.2, 0.25) is 5.52 Å². The maximum Gasteiger partial charge on any atom is 0.212 e. The van der Waals surface area contributed by atoms with Crippen LogP contribution in [0.2, 0.25) is 0 Å². The van der Waals surface area contributed by atoms with Crippen LogP contribution in [-0.2, 0) is 7.05 Å². The van der Waals surface area contributed by atoms with Crippen molar-refractivity contribution >= 4 is 40.0 Å². The number of aromatic nitrogens is 1. The molecule has 0 saturated carbocycles. The molecule has 0 aliphatic carbocycles. The highest BCUT2D eigenvalue weighted by Gasteiger charge is 2.30. The number of ether oxygens (including phenoxy) is 1. The van der Waals surface area contributed by atoms with E-state index in [1.165, 1.54) is 32.1 Å². The Kier molecular flexibility index (Phi) is 5.04. The second-order valence-electron chi connectivity index (χ2n) is 8.04. The van der Waals surface area contributed by atoms with Gasteiger partial charge in [0.15, 0.2) is 6.20 Å². The van der Waals surface area contributed by atoms with Gasteiger partial charge >= 0.3 is 0 Å². The van der Waals surface area contributed by atoms with E-state index in [1.54, 1.807) is 18.0 Å². The average molecular weight is 452 g/mol. The van der Waals surface area contributed by atoms with Crippen LogP contribution >= 0.6 is 11.8 Å². The maximum absolute atomic E-state index is 5.85. The zero-order valence-electron chi connectivity index (χ0n) is 18.3. The van der Waals surface area contributed by atoms with Gasteiger partial charge in [0.25, 0.3) is 0 Å². The van der Waals surface area contributed by atoms with Crippen LogP contribution in [0.1, 0.15) is 11.3 Å². The summed E-state index contributed by atoms with van der Waals surface area (Å²) in [5.74, 6) is 1.81. The number of fused-ring (bicyclic) bond motifs is 1. The van der Waals surface area contributed by atoms with E-state index in [1.807, 2.05) is 18.2 Å². The molecular formula is C28H23N2O2S+. The predicted octanol–water partition coefficient (Wildman–Crippen LogP) is 6.20. The molecule has 4 nitrogen and oxygen atoms in total. The van der Waals surface area contributed by atoms with E-state index < -0.39 is 0 Å². The summed E-state index contributed by atoms with van der Waals surface area (Å²) in [6.07, 6.45) is 12.4. The van der Waals surface area contributed by atoms with Gasteiger partial charge in [0, 0.05) is 22.6 Å². The van der Waals surface area contributed by atoms with Crippen molar-refractivity contribution in [2.75, 3.05) is 18.1 Å². The van der Waals surface area contributed by atoms with Crippen LogP contribution < -0.4 is 14.2 Å². The second kappa shape index (κ2) is 8.34. The minimum absolute atomic E-state index is 0.696. The molecule has 0 amide bonds. The van der Waals surface area contributed by atoms with Crippen LogP contribution in [0, 0.1) is 0 Å². The first-order valence-electron chi connectivity index (χ1n) is 11.0. The lowest BCUT2D eigenvalue weighted by Gasteiger charge is -2.27. The largest absolute Gasteiger partial charge is 0.489 e. The number of thioether (sulfide) groups is 1. The van der Waals surface area contributed by atoms with Gasteiger partial charge in [0.1, 0.15) is 25.2 Å². The van der Waals surface area contributed by atoms with Crippen LogP contribution in [0.5, 0.6) is 5.75 Å². The SMILES string of the molecule is C[n+]1ccc(/C=C/C(=C/C=C2\Sc3cccc4c3N2CCO4)c2ccco2)c2ccccc21. The van der Waals surface area contributed by atoms with E-state index in [0.29, 0.717) is 6.61 Å². The van der Waals surface area contributed by atoms with Crippen molar-refractivity contribution in [2.24, 2.45) is 7.05 Å². The molecule has 33 heavy (non-hydrogen) atoms. The van der Waals surface area contributed by atoms with Crippen molar-refractivity contribution in [3.63, 3.8) is 0 Å². The summed E-state index contributed by atoms with van der Waals surface area (Å²) < 4.78 is 13.8. The molecule has 0 spiro atoms. The molecule has 0 fully saturated rings. The molecular weight excluding hydrogens is 428 g/mol. The zero-order chi connectivity index (χ0) is 22.2. The molecule has 2 aromatic heterocycles. The van der Waals surface area contributed by atoms with Gasteiger partial charge < -0.3 is 14.1 Å². The van der Waals surface area contributed by atoms with Crippen LogP contribution in [-0.4, -0.2) is 13.2 Å². The van der Waals surface area contributed by atoms with Gasteiger partial charge in [-0.25, -0.2) is 4.57 Å². The van der Waals surface area contributed by atoms with Gasteiger partial charge in [-0.1, -0.05) is 42.1 Å². The van der Waals surface area contributed by atoms with Gasteiger partial charge in [-0.05, 0) is 48.0 Å². The summed E-state index contributed by atoms with van der Waals surface area (Å²) in [4.78, 5) is 3.59. The molecule has 0 atom stereocenters. The monoisotopic (exact) mass is 451 g/mol. The van der Waals surface area contributed by atoms with Crippen molar-refractivity contribution in [3.8, 4) is 5.75 Å². The Labute approximate surface area is 197 Å². The summed E-state index contributed by atoms with van der Waals surface area (Å²) in [6, 6.07) is 20.8. The molecule has 162 valence electrons. The number of hydrogen-bond donors (Lipinski definition) is 0. The standard InChI is InChI=1S/C28H23N2O2S/c1-29-16-15-20(22-6-2-3-7-23(22)29)11-12-21(24-9-5-18-31-24)13-14-27-30-17-19-32-25-8-4-10-26(33-27)28(25)30/h2-16,18H,17,19H2,1H3/q+1. The highest BCUT2D eigenvalue weighted by atomic mass is 32.2. The minimum Gasteiger partial charge on any atom is -0.489 e. The minimum atomic E-state index is 0.696. The van der Waals surface area contributed by atoms with Crippen molar-refractivity contribution in [1.82, 2.24) is 0 Å². The maximum atomic E-state index is 5.85. The van der Waals surface area contributed by atoms with Gasteiger partial charge in [0.05, 0.1) is 28.9 Å². The lowest BCUT2D eigenvalue weighted by atomic mass is 10.1. The first-order valence-corrected chi connectivity index (χ1v) is 11.8. The molecule has 2 aromatic carbocycles. The van der Waals surface area contributed by atoms with E-state index >= 15 is 0 Å². The Morgan fingerprint density at radius 1 is 1.06 bits per heavy atom. The number of allylic oxidation sites excluding steroid dienone is 4. The summed E-state index contributed by atoms with van der Waals surface area (Å²) in [5, 5.41) is 2.42. The third kappa shape index (κ3) is 3.64. The van der Waals surface area contributed by atoms with Crippen LogP contribution in [0.25, 0.3) is 22.6 Å². The van der Waals surface area contributed by atoms with E-state index in [0.717, 1.165) is 23.6 Å². The Balaban J connectivity index is 1.38. The number of anilines is 1. The van der Waals surface area contributed by atoms with E-state index in [4.69, 9.17) is 9.15 Å². The quantitative estimate of drug-likeness (QED) is 0.273. The predicted molar refractivity (Wildman–Crippen MR) is 134 cm³/mol. The fraction of sp³-hybridized carbons (Fsp3) is 0.107. The lowest BCUT2D eigenvalue weighted by molar-refractivity contribution is -0.644. The number of hydrogen-bond acceptors (Lipinski definition) is 4. The van der Waals surface area contributed by atoms with Crippen molar-refractivity contribution in [1.29, 1.82) is 0 Å². The Morgan fingerprint density at radius 3 is 2.91 bits per heavy atom. The number of rotatable bonds is 4. The van der Waals surface area contributed by atoms with Gasteiger partial charge in [-0.15, -0.1) is 0 Å². The van der Waals surface area contributed by atoms with E-state index in [-0.39, 0.29) is 0 Å². The summed E-state index contributed by atoms with van der Waals surface area (Å²) in [7, 11) is 2.07. The van der Waals surface area contributed by atoms with Crippen LogP contribution in [0.15, 0.2) is 106 Å². The topological polar surface area (TPSA) is 29.5 Å². The molecule has 0 unspecified atom stereocenters.